The van der Waals surface area contributed by atoms with Crippen LogP contribution in [0.2, 0.25) is 0 Å². The van der Waals surface area contributed by atoms with Crippen molar-refractivity contribution >= 4 is 27.2 Å². The number of benzene rings is 5. The third-order valence-electron chi connectivity index (χ3n) is 10.4. The quantitative estimate of drug-likeness (QED) is 0.236. The molecule has 0 spiro atoms. The van der Waals surface area contributed by atoms with Crippen LogP contribution >= 0.6 is 0 Å². The summed E-state index contributed by atoms with van der Waals surface area (Å²) in [6.45, 7) is 1.18. The molecule has 0 bridgehead atoms. The fourth-order valence-corrected chi connectivity index (χ4v) is 9.62. The number of fused-ring (bicyclic) bond motifs is 12. The van der Waals surface area contributed by atoms with Gasteiger partial charge in [0.2, 0.25) is 0 Å². The van der Waals surface area contributed by atoms with Crippen LogP contribution in [0.5, 0.6) is 0 Å². The fraction of sp³-hybridized carbons (Fsp3) is 0.235. The van der Waals surface area contributed by atoms with Crippen molar-refractivity contribution in [2.24, 2.45) is 0 Å². The van der Waals surface area contributed by atoms with Crippen LogP contribution in [0.4, 0.5) is 5.69 Å². The summed E-state index contributed by atoms with van der Waals surface area (Å²) >= 11 is 0. The molecule has 3 aliphatic carbocycles. The third-order valence-corrected chi connectivity index (χ3v) is 10.4. The third kappa shape index (κ3) is 1.84. The minimum Gasteiger partial charge on any atom is -0.366 e. The highest BCUT2D eigenvalue weighted by Crippen LogP contribution is 2.72. The summed E-state index contributed by atoms with van der Waals surface area (Å²) < 4.78 is 0. The summed E-state index contributed by atoms with van der Waals surface area (Å²) in [5.41, 5.74) is 11.2. The zero-order chi connectivity index (χ0) is 22.4. The molecule has 6 atom stereocenters. The number of nitrogens with zero attached hydrogens (tertiary/aromatic N) is 1. The summed E-state index contributed by atoms with van der Waals surface area (Å²) in [6.07, 6.45) is 1.20. The Morgan fingerprint density at radius 1 is 0.486 bits per heavy atom. The van der Waals surface area contributed by atoms with Gasteiger partial charge in [-0.3, -0.25) is 0 Å². The summed E-state index contributed by atoms with van der Waals surface area (Å²) in [7, 11) is 0. The van der Waals surface area contributed by atoms with Gasteiger partial charge in [0.1, 0.15) is 0 Å². The van der Waals surface area contributed by atoms with Crippen LogP contribution in [-0.4, -0.2) is 12.6 Å². The van der Waals surface area contributed by atoms with Crippen molar-refractivity contribution in [2.45, 2.75) is 42.1 Å². The van der Waals surface area contributed by atoms with E-state index in [-0.39, 0.29) is 0 Å². The monoisotopic (exact) mass is 447 g/mol. The zero-order valence-electron chi connectivity index (χ0n) is 19.5. The molecule has 10 rings (SSSR count). The molecule has 1 nitrogen and oxygen atoms in total. The Morgan fingerprint density at radius 3 is 1.54 bits per heavy atom. The van der Waals surface area contributed by atoms with Crippen molar-refractivity contribution in [1.29, 1.82) is 0 Å². The van der Waals surface area contributed by atoms with E-state index in [9.17, 15) is 0 Å². The summed E-state index contributed by atoms with van der Waals surface area (Å²) in [5, 5.41) is 5.96. The number of anilines is 1. The Balaban J connectivity index is 1.35. The fourth-order valence-electron chi connectivity index (χ4n) is 9.62. The number of hydrogen-bond acceptors (Lipinski definition) is 1. The maximum atomic E-state index is 2.86. The van der Waals surface area contributed by atoms with Gasteiger partial charge >= 0.3 is 0 Å². The van der Waals surface area contributed by atoms with Crippen LogP contribution in [0.25, 0.3) is 21.5 Å². The summed E-state index contributed by atoms with van der Waals surface area (Å²) in [5.74, 6) is 2.73. The molecule has 0 amide bonds. The van der Waals surface area contributed by atoms with Crippen molar-refractivity contribution in [3.63, 3.8) is 0 Å². The normalized spacial score (nSPS) is 30.0. The Labute approximate surface area is 205 Å². The van der Waals surface area contributed by atoms with Gasteiger partial charge in [0.05, 0.1) is 0 Å². The molecule has 1 saturated carbocycles. The van der Waals surface area contributed by atoms with E-state index in [2.05, 4.69) is 95.9 Å². The van der Waals surface area contributed by atoms with Gasteiger partial charge in [-0.15, -0.1) is 0 Å². The van der Waals surface area contributed by atoms with E-state index in [0.717, 1.165) is 0 Å². The number of rotatable bonds is 0. The van der Waals surface area contributed by atoms with Crippen molar-refractivity contribution < 1.29 is 0 Å². The second-order valence-corrected chi connectivity index (χ2v) is 11.5. The molecule has 1 heteroatoms. The second kappa shape index (κ2) is 5.79. The van der Waals surface area contributed by atoms with E-state index in [1.54, 1.807) is 49.8 Å². The standard InChI is InChI=1S/C34H25N/c1-6-18-7-2-12-22-26(18)21(11-1)28-29-23-13-3-8-19-9-4-14-24(27(19)23)31(29)34-32(30(22)28)25-15-5-10-20-16-17-35(34)33(20)25/h1-15,28-32,34H,16-17H2. The van der Waals surface area contributed by atoms with Crippen LogP contribution in [0.15, 0.2) is 91.0 Å². The lowest BCUT2D eigenvalue weighted by molar-refractivity contribution is 0.250. The van der Waals surface area contributed by atoms with E-state index < -0.39 is 0 Å². The molecule has 5 aliphatic rings. The molecule has 2 aliphatic heterocycles. The Morgan fingerprint density at radius 2 is 0.943 bits per heavy atom. The van der Waals surface area contributed by atoms with E-state index in [1.165, 1.54) is 23.7 Å². The van der Waals surface area contributed by atoms with Crippen molar-refractivity contribution in [2.75, 3.05) is 11.4 Å². The first kappa shape index (κ1) is 17.8. The van der Waals surface area contributed by atoms with Gasteiger partial charge in [-0.05, 0) is 67.3 Å². The van der Waals surface area contributed by atoms with Crippen LogP contribution < -0.4 is 4.90 Å². The molecular formula is C34H25N. The highest BCUT2D eigenvalue weighted by atomic mass is 15.2. The molecule has 166 valence electrons. The first-order valence-corrected chi connectivity index (χ1v) is 13.3. The van der Waals surface area contributed by atoms with Crippen LogP contribution in [0.1, 0.15) is 63.0 Å². The average Bonchev–Trinajstić information content (AvgIpc) is 3.64. The number of hydrogen-bond donors (Lipinski definition) is 0. The minimum atomic E-state index is 0.538. The first-order valence-electron chi connectivity index (χ1n) is 13.3. The molecular weight excluding hydrogens is 422 g/mol. The Bertz CT molecular complexity index is 1750. The van der Waals surface area contributed by atoms with E-state index >= 15 is 0 Å². The molecule has 35 heavy (non-hydrogen) atoms. The van der Waals surface area contributed by atoms with Crippen molar-refractivity contribution in [3.8, 4) is 0 Å². The van der Waals surface area contributed by atoms with Crippen LogP contribution in [-0.2, 0) is 6.42 Å². The maximum Gasteiger partial charge on any atom is 0.0440 e. The lowest BCUT2D eigenvalue weighted by Crippen LogP contribution is -2.47. The van der Waals surface area contributed by atoms with Crippen LogP contribution in [0.3, 0.4) is 0 Å². The van der Waals surface area contributed by atoms with Gasteiger partial charge in [0.15, 0.2) is 0 Å². The lowest BCUT2D eigenvalue weighted by atomic mass is 9.57. The molecule has 5 aromatic carbocycles. The van der Waals surface area contributed by atoms with Crippen molar-refractivity contribution in [3.05, 3.63) is 124 Å². The maximum absolute atomic E-state index is 2.86. The topological polar surface area (TPSA) is 3.24 Å². The average molecular weight is 448 g/mol. The van der Waals surface area contributed by atoms with Gasteiger partial charge in [0, 0.05) is 41.9 Å². The SMILES string of the molecule is c1cc2c3c(c1)C1C4c5cccc6cccc(c56)C4C4c5cccc6cccc(c56)C4C1N3CC2. The molecule has 1 fully saturated rings. The van der Waals surface area contributed by atoms with Gasteiger partial charge in [-0.2, -0.15) is 0 Å². The van der Waals surface area contributed by atoms with Gasteiger partial charge < -0.3 is 4.90 Å². The predicted octanol–water partition coefficient (Wildman–Crippen LogP) is 7.60. The second-order valence-electron chi connectivity index (χ2n) is 11.5. The Hall–Kier alpha value is -3.58. The highest BCUT2D eigenvalue weighted by molar-refractivity contribution is 5.97. The molecule has 6 unspecified atom stereocenters. The predicted molar refractivity (Wildman–Crippen MR) is 143 cm³/mol. The van der Waals surface area contributed by atoms with Gasteiger partial charge in [-0.1, -0.05) is 91.0 Å². The molecule has 0 saturated heterocycles. The van der Waals surface area contributed by atoms with Crippen LogP contribution in [0, 0.1) is 0 Å². The molecule has 0 radical (unpaired) electrons. The molecule has 5 aromatic rings. The zero-order valence-corrected chi connectivity index (χ0v) is 19.5. The van der Waals surface area contributed by atoms with E-state index in [1.807, 2.05) is 0 Å². The largest absolute Gasteiger partial charge is 0.366 e. The Kier molecular flexibility index (Phi) is 2.95. The molecule has 0 N–H and O–H groups in total. The van der Waals surface area contributed by atoms with Gasteiger partial charge in [0.25, 0.3) is 0 Å². The lowest BCUT2D eigenvalue weighted by Gasteiger charge is -2.49. The van der Waals surface area contributed by atoms with E-state index in [4.69, 9.17) is 0 Å². The van der Waals surface area contributed by atoms with Gasteiger partial charge in [-0.25, -0.2) is 0 Å². The minimum absolute atomic E-state index is 0.538. The number of para-hydroxylation sites is 1. The van der Waals surface area contributed by atoms with Crippen molar-refractivity contribution in [1.82, 2.24) is 0 Å². The summed E-state index contributed by atoms with van der Waals surface area (Å²) in [4.78, 5) is 2.86. The molecule has 2 heterocycles. The smallest absolute Gasteiger partial charge is 0.0440 e. The summed E-state index contributed by atoms with van der Waals surface area (Å²) in [6, 6.07) is 36.2. The molecule has 0 aromatic heterocycles. The van der Waals surface area contributed by atoms with E-state index in [0.29, 0.717) is 35.6 Å². The highest BCUT2D eigenvalue weighted by Gasteiger charge is 2.62. The first-order chi connectivity index (χ1) is 17.4.